The van der Waals surface area contributed by atoms with E-state index < -0.39 is 11.0 Å². The van der Waals surface area contributed by atoms with Crippen LogP contribution >= 0.6 is 0 Å². The molecule has 0 bridgehead atoms. The van der Waals surface area contributed by atoms with Gasteiger partial charge in [0.1, 0.15) is 0 Å². The number of nitrogens with zero attached hydrogens (tertiary/aromatic N) is 1. The monoisotopic (exact) mass is 148 g/mol. The molecule has 0 saturated heterocycles. The predicted molar refractivity (Wildman–Crippen MR) is 29.5 cm³/mol. The minimum atomic E-state index is -2.83. The Morgan fingerprint density at radius 2 is 2.44 bits per heavy atom. The Morgan fingerprint density at radius 3 is 2.89 bits per heavy atom. The molecule has 1 heterocycles. The molecule has 0 aliphatic carbocycles. The second-order valence-electron chi connectivity index (χ2n) is 1.23. The molecule has 1 aromatic heterocycles. The molecule has 0 aliphatic rings. The van der Waals surface area contributed by atoms with Gasteiger partial charge in [-0.3, -0.25) is 5.10 Å². The number of hydrogen-bond acceptors (Lipinski definition) is 4. The summed E-state index contributed by atoms with van der Waals surface area (Å²) in [6.07, 6.45) is 1.47. The summed E-state index contributed by atoms with van der Waals surface area (Å²) in [5, 5.41) is 5.82. The van der Waals surface area contributed by atoms with E-state index in [4.69, 9.17) is 0 Å². The quantitative estimate of drug-likeness (QED) is 0.545. The molecule has 1 rings (SSSR count). The first-order valence-corrected chi connectivity index (χ1v) is 3.21. The lowest BCUT2D eigenvalue weighted by Gasteiger charge is -1.84. The SMILES string of the molecule is O=[SH](=O)Oc1cc[nH]n1. The fourth-order valence-corrected chi connectivity index (χ4v) is 0.628. The Bertz CT molecular complexity index is 232. The van der Waals surface area contributed by atoms with E-state index in [1.54, 1.807) is 0 Å². The highest BCUT2D eigenvalue weighted by Crippen LogP contribution is 2.00. The zero-order chi connectivity index (χ0) is 6.69. The van der Waals surface area contributed by atoms with Gasteiger partial charge in [-0.25, -0.2) is 0 Å². The van der Waals surface area contributed by atoms with Crippen LogP contribution in [0.4, 0.5) is 0 Å². The van der Waals surface area contributed by atoms with Gasteiger partial charge in [-0.05, 0) is 0 Å². The third-order valence-corrected chi connectivity index (χ3v) is 0.979. The molecule has 9 heavy (non-hydrogen) atoms. The molecule has 0 aromatic carbocycles. The van der Waals surface area contributed by atoms with Crippen LogP contribution < -0.4 is 4.18 Å². The van der Waals surface area contributed by atoms with Crippen LogP contribution in [0.15, 0.2) is 12.3 Å². The van der Waals surface area contributed by atoms with Crippen molar-refractivity contribution in [1.29, 1.82) is 0 Å². The molecule has 0 radical (unpaired) electrons. The standard InChI is InChI=1S/C3H4N2O3S/c6-9(7)8-3-1-2-4-5-3/h1-2,9H,(H,4,5). The van der Waals surface area contributed by atoms with Crippen LogP contribution in [0.2, 0.25) is 0 Å². The van der Waals surface area contributed by atoms with Crippen molar-refractivity contribution in [3.05, 3.63) is 12.3 Å². The van der Waals surface area contributed by atoms with Crippen molar-refractivity contribution in [2.24, 2.45) is 0 Å². The Hall–Kier alpha value is -1.04. The molecule has 5 nitrogen and oxygen atoms in total. The minimum Gasteiger partial charge on any atom is -0.362 e. The van der Waals surface area contributed by atoms with Crippen LogP contribution in [-0.2, 0) is 11.0 Å². The van der Waals surface area contributed by atoms with Gasteiger partial charge in [0.25, 0.3) is 5.88 Å². The number of aromatic nitrogens is 2. The van der Waals surface area contributed by atoms with Gasteiger partial charge in [0.15, 0.2) is 0 Å². The summed E-state index contributed by atoms with van der Waals surface area (Å²) < 4.78 is 23.8. The van der Waals surface area contributed by atoms with Crippen molar-refractivity contribution >= 4 is 11.0 Å². The third-order valence-electron chi connectivity index (χ3n) is 0.643. The van der Waals surface area contributed by atoms with E-state index in [-0.39, 0.29) is 5.88 Å². The van der Waals surface area contributed by atoms with E-state index in [0.29, 0.717) is 0 Å². The molecule has 1 aromatic rings. The maximum absolute atomic E-state index is 9.83. The van der Waals surface area contributed by atoms with Crippen LogP contribution in [0.5, 0.6) is 5.88 Å². The maximum Gasteiger partial charge on any atom is 0.300 e. The van der Waals surface area contributed by atoms with Crippen LogP contribution in [-0.4, -0.2) is 18.6 Å². The van der Waals surface area contributed by atoms with Crippen molar-refractivity contribution in [3.63, 3.8) is 0 Å². The Kier molecular flexibility index (Phi) is 1.69. The van der Waals surface area contributed by atoms with Crippen LogP contribution in [0, 0.1) is 0 Å². The molecule has 0 atom stereocenters. The molecule has 0 saturated carbocycles. The Morgan fingerprint density at radius 1 is 1.67 bits per heavy atom. The largest absolute Gasteiger partial charge is 0.362 e. The van der Waals surface area contributed by atoms with E-state index >= 15 is 0 Å². The summed E-state index contributed by atoms with van der Waals surface area (Å²) in [4.78, 5) is 0. The van der Waals surface area contributed by atoms with Crippen LogP contribution in [0.25, 0.3) is 0 Å². The Balaban J connectivity index is 2.68. The summed E-state index contributed by atoms with van der Waals surface area (Å²) in [5.74, 6) is 0.0612. The molecule has 0 aliphatic heterocycles. The Labute approximate surface area is 52.8 Å². The van der Waals surface area contributed by atoms with Crippen molar-refractivity contribution in [3.8, 4) is 5.88 Å². The number of H-pyrrole nitrogens is 1. The fourth-order valence-electron chi connectivity index (χ4n) is 0.374. The van der Waals surface area contributed by atoms with Gasteiger partial charge in [0, 0.05) is 12.3 Å². The molecule has 0 unspecified atom stereocenters. The predicted octanol–water partition coefficient (Wildman–Crippen LogP) is -0.685. The number of aromatic amines is 1. The van der Waals surface area contributed by atoms with Crippen molar-refractivity contribution in [2.75, 3.05) is 0 Å². The second kappa shape index (κ2) is 2.49. The van der Waals surface area contributed by atoms with Crippen molar-refractivity contribution in [1.82, 2.24) is 10.2 Å². The van der Waals surface area contributed by atoms with Crippen molar-refractivity contribution < 1.29 is 12.6 Å². The van der Waals surface area contributed by atoms with Gasteiger partial charge < -0.3 is 4.18 Å². The topological polar surface area (TPSA) is 72.1 Å². The second-order valence-corrected chi connectivity index (χ2v) is 1.86. The third kappa shape index (κ3) is 1.73. The average molecular weight is 148 g/mol. The molecule has 0 amide bonds. The average Bonchev–Trinajstić information content (AvgIpc) is 2.15. The molecular weight excluding hydrogens is 144 g/mol. The van der Waals surface area contributed by atoms with Gasteiger partial charge in [-0.1, -0.05) is 0 Å². The molecule has 50 valence electrons. The first-order valence-electron chi connectivity index (χ1n) is 2.11. The van der Waals surface area contributed by atoms with E-state index in [1.165, 1.54) is 12.3 Å². The highest BCUT2D eigenvalue weighted by molar-refractivity contribution is 7.67. The first kappa shape index (κ1) is 6.09. The number of nitrogens with one attached hydrogen (secondary N) is 1. The number of hydrogen-bond donors (Lipinski definition) is 2. The summed E-state index contributed by atoms with van der Waals surface area (Å²) in [5.41, 5.74) is 0. The van der Waals surface area contributed by atoms with Gasteiger partial charge >= 0.3 is 11.0 Å². The summed E-state index contributed by atoms with van der Waals surface area (Å²) >= 11 is 0. The van der Waals surface area contributed by atoms with E-state index in [0.717, 1.165) is 0 Å². The highest BCUT2D eigenvalue weighted by atomic mass is 32.2. The number of rotatable bonds is 2. The molecule has 0 spiro atoms. The first-order chi connectivity index (χ1) is 4.29. The van der Waals surface area contributed by atoms with E-state index in [9.17, 15) is 8.42 Å². The lowest BCUT2D eigenvalue weighted by atomic mass is 10.7. The van der Waals surface area contributed by atoms with E-state index in [1.807, 2.05) is 0 Å². The molecule has 1 N–H and O–H groups in total. The molecular formula is C3H4N2O3S. The van der Waals surface area contributed by atoms with Crippen LogP contribution in [0.3, 0.4) is 0 Å². The summed E-state index contributed by atoms with van der Waals surface area (Å²) in [6.45, 7) is 0. The van der Waals surface area contributed by atoms with E-state index in [2.05, 4.69) is 14.4 Å². The highest BCUT2D eigenvalue weighted by Gasteiger charge is 1.92. The zero-order valence-electron chi connectivity index (χ0n) is 4.27. The summed E-state index contributed by atoms with van der Waals surface area (Å²) in [7, 11) is -2.83. The number of thiol groups is 1. The fraction of sp³-hybridized carbons (Fsp3) is 0. The van der Waals surface area contributed by atoms with Gasteiger partial charge in [-0.15, -0.1) is 5.10 Å². The van der Waals surface area contributed by atoms with Crippen molar-refractivity contribution in [2.45, 2.75) is 0 Å². The van der Waals surface area contributed by atoms with Gasteiger partial charge in [0.05, 0.1) is 0 Å². The minimum absolute atomic E-state index is 0.0612. The summed E-state index contributed by atoms with van der Waals surface area (Å²) in [6, 6.07) is 1.41. The zero-order valence-corrected chi connectivity index (χ0v) is 5.17. The van der Waals surface area contributed by atoms with Gasteiger partial charge in [0.2, 0.25) is 0 Å². The normalized spacial score (nSPS) is 9.89. The van der Waals surface area contributed by atoms with Gasteiger partial charge in [-0.2, -0.15) is 8.42 Å². The maximum atomic E-state index is 9.83. The molecule has 6 heteroatoms. The lowest BCUT2D eigenvalue weighted by Crippen LogP contribution is -1.88. The lowest BCUT2D eigenvalue weighted by molar-refractivity contribution is 0.499. The molecule has 0 fully saturated rings. The smallest absolute Gasteiger partial charge is 0.300 e. The van der Waals surface area contributed by atoms with Crippen LogP contribution in [0.1, 0.15) is 0 Å².